The van der Waals surface area contributed by atoms with Crippen LogP contribution in [0.2, 0.25) is 0 Å². The van der Waals surface area contributed by atoms with Gasteiger partial charge in [-0.3, -0.25) is 0 Å². The Morgan fingerprint density at radius 1 is 1.24 bits per heavy atom. The molecule has 1 saturated heterocycles. The second-order valence-corrected chi connectivity index (χ2v) is 7.14. The Balaban J connectivity index is 1.85. The molecule has 0 aliphatic carbocycles. The molecule has 1 aliphatic heterocycles. The summed E-state index contributed by atoms with van der Waals surface area (Å²) in [5.41, 5.74) is 0.296. The van der Waals surface area contributed by atoms with Crippen LogP contribution in [0.15, 0.2) is 30.3 Å². The molecule has 0 saturated carbocycles. The number of likely N-dealkylation sites (tertiary alicyclic amines) is 1. The zero-order valence-electron chi connectivity index (χ0n) is 14.9. The quantitative estimate of drug-likeness (QED) is 0.869. The van der Waals surface area contributed by atoms with Gasteiger partial charge in [-0.25, -0.2) is 9.59 Å². The zero-order chi connectivity index (χ0) is 18.4. The first-order valence-electron chi connectivity index (χ1n) is 8.34. The van der Waals surface area contributed by atoms with Gasteiger partial charge < -0.3 is 24.8 Å². The van der Waals surface area contributed by atoms with Gasteiger partial charge in [-0.2, -0.15) is 0 Å². The van der Waals surface area contributed by atoms with Gasteiger partial charge in [0, 0.05) is 25.6 Å². The van der Waals surface area contributed by atoms with Gasteiger partial charge in [0.25, 0.3) is 0 Å². The van der Waals surface area contributed by atoms with E-state index in [-0.39, 0.29) is 31.7 Å². The number of alkyl carbamates (subject to hydrolysis) is 1. The maximum absolute atomic E-state index is 12.1. The number of hydrogen-bond acceptors (Lipinski definition) is 5. The van der Waals surface area contributed by atoms with Crippen LogP contribution >= 0.6 is 0 Å². The lowest BCUT2D eigenvalue weighted by molar-refractivity contribution is 0.0281. The first-order chi connectivity index (χ1) is 11.8. The Bertz CT molecular complexity index is 585. The van der Waals surface area contributed by atoms with E-state index in [0.29, 0.717) is 6.54 Å². The fourth-order valence-corrected chi connectivity index (χ4v) is 2.61. The first-order valence-corrected chi connectivity index (χ1v) is 8.34. The summed E-state index contributed by atoms with van der Waals surface area (Å²) in [6.07, 6.45) is -1.02. The van der Waals surface area contributed by atoms with Crippen molar-refractivity contribution >= 4 is 12.2 Å². The van der Waals surface area contributed by atoms with Gasteiger partial charge in [-0.15, -0.1) is 0 Å². The van der Waals surface area contributed by atoms with E-state index in [0.717, 1.165) is 5.56 Å². The van der Waals surface area contributed by atoms with Crippen LogP contribution in [-0.2, 0) is 16.1 Å². The van der Waals surface area contributed by atoms with Crippen LogP contribution in [0.1, 0.15) is 26.3 Å². The Morgan fingerprint density at radius 3 is 2.52 bits per heavy atom. The van der Waals surface area contributed by atoms with Crippen LogP contribution in [0, 0.1) is 5.92 Å². The Labute approximate surface area is 147 Å². The first kappa shape index (κ1) is 19.1. The lowest BCUT2D eigenvalue weighted by Crippen LogP contribution is -2.42. The topological polar surface area (TPSA) is 88.1 Å². The number of rotatable bonds is 4. The van der Waals surface area contributed by atoms with Crippen molar-refractivity contribution in [2.45, 2.75) is 39.0 Å². The summed E-state index contributed by atoms with van der Waals surface area (Å²) < 4.78 is 10.5. The molecule has 1 fully saturated rings. The van der Waals surface area contributed by atoms with Crippen molar-refractivity contribution in [1.82, 2.24) is 10.2 Å². The fourth-order valence-electron chi connectivity index (χ4n) is 2.61. The average Bonchev–Trinajstić information content (AvgIpc) is 2.95. The molecule has 2 N–H and O–H groups in total. The van der Waals surface area contributed by atoms with E-state index < -0.39 is 17.8 Å². The fraction of sp³-hybridized carbons (Fsp3) is 0.556. The van der Waals surface area contributed by atoms with Crippen molar-refractivity contribution in [3.8, 4) is 0 Å². The number of nitrogens with one attached hydrogen (secondary N) is 1. The molecular weight excluding hydrogens is 324 g/mol. The molecule has 0 aromatic heterocycles. The van der Waals surface area contributed by atoms with Crippen molar-refractivity contribution in [2.75, 3.05) is 19.7 Å². The van der Waals surface area contributed by atoms with Crippen LogP contribution in [0.25, 0.3) is 0 Å². The highest BCUT2D eigenvalue weighted by atomic mass is 16.6. The molecule has 0 bridgehead atoms. The van der Waals surface area contributed by atoms with E-state index in [2.05, 4.69) is 5.32 Å². The molecule has 2 atom stereocenters. The highest BCUT2D eigenvalue weighted by molar-refractivity contribution is 5.70. The van der Waals surface area contributed by atoms with Crippen molar-refractivity contribution in [2.24, 2.45) is 5.92 Å². The molecule has 7 heteroatoms. The largest absolute Gasteiger partial charge is 0.445 e. The average molecular weight is 350 g/mol. The van der Waals surface area contributed by atoms with Crippen molar-refractivity contribution in [1.29, 1.82) is 0 Å². The molecule has 25 heavy (non-hydrogen) atoms. The second-order valence-electron chi connectivity index (χ2n) is 7.14. The molecule has 1 aromatic carbocycles. The Morgan fingerprint density at radius 2 is 1.92 bits per heavy atom. The maximum atomic E-state index is 12.1. The number of aliphatic hydroxyl groups is 1. The van der Waals surface area contributed by atoms with Gasteiger partial charge in [0.1, 0.15) is 12.2 Å². The van der Waals surface area contributed by atoms with Crippen LogP contribution in [-0.4, -0.2) is 53.5 Å². The maximum Gasteiger partial charge on any atom is 0.410 e. The molecule has 1 aromatic rings. The number of nitrogens with zero attached hydrogens (tertiary/aromatic N) is 1. The SMILES string of the molecule is CC(C)(C)OC(=O)N1C[C@H](CO)[C@H](NC(=O)OCc2ccccc2)C1. The van der Waals surface area contributed by atoms with Crippen LogP contribution < -0.4 is 5.32 Å². The van der Waals surface area contributed by atoms with E-state index in [1.165, 1.54) is 4.90 Å². The van der Waals surface area contributed by atoms with E-state index in [4.69, 9.17) is 9.47 Å². The normalized spacial score (nSPS) is 20.2. The summed E-state index contributed by atoms with van der Waals surface area (Å²) in [5.74, 6) is -0.253. The molecular formula is C18H26N2O5. The number of amides is 2. The van der Waals surface area contributed by atoms with Crippen LogP contribution in [0.3, 0.4) is 0 Å². The standard InChI is InChI=1S/C18H26N2O5/c1-18(2,3)25-17(23)20-9-14(11-21)15(10-20)19-16(22)24-12-13-7-5-4-6-8-13/h4-8,14-15,21H,9-12H2,1-3H3,(H,19,22)/t14-,15-/m1/s1. The molecule has 0 radical (unpaired) electrons. The summed E-state index contributed by atoms with van der Waals surface area (Å²) in [6, 6.07) is 8.98. The number of carbonyl (C=O) groups is 2. The van der Waals surface area contributed by atoms with Gasteiger partial charge in [-0.05, 0) is 26.3 Å². The minimum absolute atomic E-state index is 0.136. The van der Waals surface area contributed by atoms with Gasteiger partial charge in [0.15, 0.2) is 0 Å². The lowest BCUT2D eigenvalue weighted by Gasteiger charge is -2.24. The summed E-state index contributed by atoms with van der Waals surface area (Å²) in [7, 11) is 0. The van der Waals surface area contributed by atoms with E-state index in [1.54, 1.807) is 20.8 Å². The summed E-state index contributed by atoms with van der Waals surface area (Å²) in [6.45, 7) is 6.01. The van der Waals surface area contributed by atoms with Gasteiger partial charge in [0.05, 0.1) is 6.04 Å². The number of ether oxygens (including phenoxy) is 2. The predicted molar refractivity (Wildman–Crippen MR) is 91.9 cm³/mol. The van der Waals surface area contributed by atoms with Gasteiger partial charge in [-0.1, -0.05) is 30.3 Å². The summed E-state index contributed by atoms with van der Waals surface area (Å²) in [5, 5.41) is 12.2. The summed E-state index contributed by atoms with van der Waals surface area (Å²) in [4.78, 5) is 25.6. The van der Waals surface area contributed by atoms with Crippen molar-refractivity contribution in [3.05, 3.63) is 35.9 Å². The monoisotopic (exact) mass is 350 g/mol. The predicted octanol–water partition coefficient (Wildman–Crippen LogP) is 2.14. The van der Waals surface area contributed by atoms with Crippen molar-refractivity contribution < 1.29 is 24.2 Å². The molecule has 1 heterocycles. The zero-order valence-corrected chi connectivity index (χ0v) is 14.9. The Hall–Kier alpha value is -2.28. The third-order valence-electron chi connectivity index (χ3n) is 3.84. The number of benzene rings is 1. The molecule has 7 nitrogen and oxygen atoms in total. The number of hydrogen-bond donors (Lipinski definition) is 2. The molecule has 1 aliphatic rings. The summed E-state index contributed by atoms with van der Waals surface area (Å²) >= 11 is 0. The number of carbonyl (C=O) groups excluding carboxylic acids is 2. The third-order valence-corrected chi connectivity index (χ3v) is 3.84. The van der Waals surface area contributed by atoms with Crippen molar-refractivity contribution in [3.63, 3.8) is 0 Å². The smallest absolute Gasteiger partial charge is 0.410 e. The highest BCUT2D eigenvalue weighted by Crippen LogP contribution is 2.20. The Kier molecular flexibility index (Phi) is 6.25. The van der Waals surface area contributed by atoms with Gasteiger partial charge in [0.2, 0.25) is 0 Å². The lowest BCUT2D eigenvalue weighted by atomic mass is 10.1. The minimum Gasteiger partial charge on any atom is -0.445 e. The van der Waals surface area contributed by atoms with E-state index in [9.17, 15) is 14.7 Å². The van der Waals surface area contributed by atoms with E-state index in [1.807, 2.05) is 30.3 Å². The second kappa shape index (κ2) is 8.20. The molecule has 138 valence electrons. The number of aliphatic hydroxyl groups excluding tert-OH is 1. The molecule has 2 rings (SSSR count). The third kappa shape index (κ3) is 5.94. The van der Waals surface area contributed by atoms with E-state index >= 15 is 0 Å². The van der Waals surface area contributed by atoms with Crippen LogP contribution in [0.4, 0.5) is 9.59 Å². The molecule has 0 spiro atoms. The highest BCUT2D eigenvalue weighted by Gasteiger charge is 2.37. The van der Waals surface area contributed by atoms with Crippen LogP contribution in [0.5, 0.6) is 0 Å². The van der Waals surface area contributed by atoms with Gasteiger partial charge >= 0.3 is 12.2 Å². The minimum atomic E-state index is -0.591. The molecule has 0 unspecified atom stereocenters. The molecule has 2 amide bonds.